The molecule has 0 unspecified atom stereocenters. The van der Waals surface area contributed by atoms with Gasteiger partial charge in [-0.15, -0.1) is 0 Å². The van der Waals surface area contributed by atoms with Crippen molar-refractivity contribution in [1.29, 1.82) is 0 Å². The Morgan fingerprint density at radius 2 is 1.34 bits per heavy atom. The van der Waals surface area contributed by atoms with E-state index in [1.165, 1.54) is 0 Å². The van der Waals surface area contributed by atoms with Crippen molar-refractivity contribution in [3.63, 3.8) is 0 Å². The van der Waals surface area contributed by atoms with Crippen molar-refractivity contribution in [2.24, 2.45) is 9.98 Å². The summed E-state index contributed by atoms with van der Waals surface area (Å²) >= 11 is 16.0. The summed E-state index contributed by atoms with van der Waals surface area (Å²) in [7, 11) is 0. The largest absolute Gasteiger partial charge is 1.00 e. The van der Waals surface area contributed by atoms with Crippen molar-refractivity contribution in [1.82, 2.24) is 4.98 Å². The van der Waals surface area contributed by atoms with Crippen LogP contribution >= 0.6 is 23.2 Å². The average molecular weight is 531 g/mol. The molecule has 3 aromatic rings. The van der Waals surface area contributed by atoms with Crippen LogP contribution < -0.4 is 12.4 Å². The third kappa shape index (κ3) is 8.35. The van der Waals surface area contributed by atoms with Gasteiger partial charge in [0.2, 0.25) is 0 Å². The van der Waals surface area contributed by atoms with Crippen LogP contribution in [0.15, 0.2) is 58.8 Å². The Bertz CT molecular complexity index is 1080. The number of halogens is 3. The topological polar surface area (TPSA) is 37.6 Å². The molecule has 3 rings (SSSR count). The minimum atomic E-state index is 0. The Balaban J connectivity index is 0.000000327. The second-order valence-corrected chi connectivity index (χ2v) is 8.97. The Morgan fingerprint density at radius 3 is 1.75 bits per heavy atom. The molecule has 0 aliphatic carbocycles. The van der Waals surface area contributed by atoms with E-state index >= 15 is 0 Å². The fraction of sp³-hybridized carbons (Fsp3) is 0.240. The zero-order chi connectivity index (χ0) is 23.1. The number of rotatable bonds is 3. The molecular weight excluding hydrogens is 505 g/mol. The number of aliphatic imine (C=N–C) groups is 2. The van der Waals surface area contributed by atoms with E-state index in [4.69, 9.17) is 23.2 Å². The molecular formula is C25H26Cl3FeN3. The SMILES string of the molecule is CC(=Nc1c(C)cc(C)cc1Cl)c1cccnc1.C[C]([Fe+])=Nc1c(C)cc(C)cc1Cl.[Cl-]. The summed E-state index contributed by atoms with van der Waals surface area (Å²) in [5, 5.41) is 1.39. The second-order valence-electron chi connectivity index (χ2n) is 7.35. The van der Waals surface area contributed by atoms with Gasteiger partial charge in [0, 0.05) is 23.7 Å². The molecule has 3 nitrogen and oxygen atoms in total. The van der Waals surface area contributed by atoms with E-state index in [-0.39, 0.29) is 12.4 Å². The molecule has 0 amide bonds. The molecule has 0 radical (unpaired) electrons. The molecule has 0 spiro atoms. The maximum absolute atomic E-state index is 6.24. The molecule has 1 heterocycles. The van der Waals surface area contributed by atoms with Crippen LogP contribution in [0.4, 0.5) is 11.4 Å². The smallest absolute Gasteiger partial charge is 1.00 e. The molecule has 0 bridgehead atoms. The van der Waals surface area contributed by atoms with E-state index < -0.39 is 0 Å². The van der Waals surface area contributed by atoms with Crippen molar-refractivity contribution < 1.29 is 28.4 Å². The molecule has 1 aromatic heterocycles. The van der Waals surface area contributed by atoms with E-state index in [1.807, 2.05) is 65.8 Å². The molecule has 0 aliphatic heterocycles. The molecule has 170 valence electrons. The van der Waals surface area contributed by atoms with Gasteiger partial charge < -0.3 is 12.4 Å². The summed E-state index contributed by atoms with van der Waals surface area (Å²) in [5.74, 6) is 0. The van der Waals surface area contributed by atoms with Crippen molar-refractivity contribution in [2.45, 2.75) is 41.5 Å². The molecule has 0 aliphatic rings. The van der Waals surface area contributed by atoms with Gasteiger partial charge in [-0.3, -0.25) is 9.98 Å². The number of benzene rings is 2. The quantitative estimate of drug-likeness (QED) is 0.345. The summed E-state index contributed by atoms with van der Waals surface area (Å²) < 4.78 is 0.772. The van der Waals surface area contributed by atoms with E-state index in [2.05, 4.69) is 43.1 Å². The Hall–Kier alpha value is -1.68. The summed E-state index contributed by atoms with van der Waals surface area (Å²) in [6.45, 7) is 11.9. The second kappa shape index (κ2) is 13.1. The summed E-state index contributed by atoms with van der Waals surface area (Å²) in [5.41, 5.74) is 8.07. The van der Waals surface area contributed by atoms with Crippen molar-refractivity contribution in [3.05, 3.63) is 86.7 Å². The Morgan fingerprint density at radius 1 is 0.844 bits per heavy atom. The van der Waals surface area contributed by atoms with Crippen molar-refractivity contribution in [3.8, 4) is 0 Å². The first-order chi connectivity index (χ1) is 14.6. The van der Waals surface area contributed by atoms with Crippen LogP contribution in [0, 0.1) is 27.7 Å². The van der Waals surface area contributed by atoms with Crippen LogP contribution in [0.3, 0.4) is 0 Å². The molecule has 7 heteroatoms. The summed E-state index contributed by atoms with van der Waals surface area (Å²) in [4.78, 5) is 13.0. The fourth-order valence-corrected chi connectivity index (χ4v) is 3.91. The first-order valence-electron chi connectivity index (χ1n) is 9.77. The Kier molecular flexibility index (Phi) is 11.6. The van der Waals surface area contributed by atoms with E-state index in [0.717, 1.165) is 49.5 Å². The minimum Gasteiger partial charge on any atom is -1.00 e. The molecule has 0 saturated carbocycles. The van der Waals surface area contributed by atoms with Crippen LogP contribution in [0.5, 0.6) is 0 Å². The van der Waals surface area contributed by atoms with E-state index in [1.54, 1.807) is 12.4 Å². The van der Waals surface area contributed by atoms with E-state index in [0.29, 0.717) is 10.0 Å². The number of hydrogen-bond acceptors (Lipinski definition) is 3. The van der Waals surface area contributed by atoms with Gasteiger partial charge in [0.25, 0.3) is 0 Å². The third-order valence-corrected chi connectivity index (χ3v) is 5.12. The van der Waals surface area contributed by atoms with Gasteiger partial charge in [-0.25, -0.2) is 0 Å². The predicted molar refractivity (Wildman–Crippen MR) is 131 cm³/mol. The standard InChI is InChI=1S/C15H15ClN2.C10H11ClN.ClH.Fe/c1-10-7-11(2)15(14(16)8-10)18-12(3)13-5-4-6-17-9-13;1-4-12-10-8(3)5-7(2)6-9(10)11;;/h4-9H,1-3H3;5-6H,1-3H3;1H;/q;;;+1/p-1. The number of aryl methyl sites for hydroxylation is 4. The zero-order valence-electron chi connectivity index (χ0n) is 18.9. The zero-order valence-corrected chi connectivity index (χ0v) is 22.3. The van der Waals surface area contributed by atoms with Gasteiger partial charge in [-0.05, 0) is 44.0 Å². The molecule has 0 atom stereocenters. The van der Waals surface area contributed by atoms with Crippen LogP contribution in [0.2, 0.25) is 10.0 Å². The predicted octanol–water partition coefficient (Wildman–Crippen LogP) is 5.05. The number of aromatic nitrogens is 1. The molecule has 32 heavy (non-hydrogen) atoms. The van der Waals surface area contributed by atoms with Gasteiger partial charge in [0.1, 0.15) is 0 Å². The number of nitrogens with zero attached hydrogens (tertiary/aromatic N) is 3. The van der Waals surface area contributed by atoms with Crippen LogP contribution in [0.1, 0.15) is 41.7 Å². The van der Waals surface area contributed by atoms with Gasteiger partial charge in [0.15, 0.2) is 0 Å². The normalized spacial score (nSPS) is 11.4. The van der Waals surface area contributed by atoms with E-state index in [9.17, 15) is 0 Å². The first-order valence-corrected chi connectivity index (χ1v) is 11.1. The average Bonchev–Trinajstić information content (AvgIpc) is 2.68. The summed E-state index contributed by atoms with van der Waals surface area (Å²) in [6.07, 6.45) is 3.55. The van der Waals surface area contributed by atoms with Crippen LogP contribution in [0.25, 0.3) is 0 Å². The Labute approximate surface area is 215 Å². The third-order valence-electron chi connectivity index (χ3n) is 4.42. The van der Waals surface area contributed by atoms with Gasteiger partial charge in [-0.2, -0.15) is 0 Å². The summed E-state index contributed by atoms with van der Waals surface area (Å²) in [6, 6.07) is 11.9. The molecule has 0 fully saturated rings. The monoisotopic (exact) mass is 529 g/mol. The van der Waals surface area contributed by atoms with Crippen molar-refractivity contribution >= 4 is 44.9 Å². The first kappa shape index (κ1) is 28.4. The number of hydrogen-bond donors (Lipinski definition) is 0. The van der Waals surface area contributed by atoms with Gasteiger partial charge in [-0.1, -0.05) is 23.7 Å². The molecule has 2 aromatic carbocycles. The molecule has 0 N–H and O–H groups in total. The van der Waals surface area contributed by atoms with Gasteiger partial charge in [0.05, 0.1) is 10.7 Å². The molecule has 0 saturated heterocycles. The fourth-order valence-electron chi connectivity index (χ4n) is 3.06. The van der Waals surface area contributed by atoms with Crippen molar-refractivity contribution in [2.75, 3.05) is 0 Å². The maximum atomic E-state index is 6.24. The van der Waals surface area contributed by atoms with Crippen LogP contribution in [-0.2, 0) is 16.0 Å². The van der Waals surface area contributed by atoms with Gasteiger partial charge >= 0.3 is 92.0 Å². The minimum absolute atomic E-state index is 0. The van der Waals surface area contributed by atoms with Crippen LogP contribution in [-0.4, -0.2) is 15.3 Å². The number of pyridine rings is 1. The maximum Gasteiger partial charge on any atom is -1.00 e.